The van der Waals surface area contributed by atoms with E-state index < -0.39 is 10.0 Å². The third kappa shape index (κ3) is 4.45. The van der Waals surface area contributed by atoms with Crippen LogP contribution >= 0.6 is 0 Å². The molecule has 0 spiro atoms. The first kappa shape index (κ1) is 19.1. The van der Waals surface area contributed by atoms with Gasteiger partial charge in [0.1, 0.15) is 0 Å². The number of nitrogens with zero attached hydrogens (tertiary/aromatic N) is 1. The summed E-state index contributed by atoms with van der Waals surface area (Å²) in [7, 11) is -1.24. The van der Waals surface area contributed by atoms with Gasteiger partial charge in [0.2, 0.25) is 0 Å². The van der Waals surface area contributed by atoms with Gasteiger partial charge in [0.25, 0.3) is 15.9 Å². The van der Waals surface area contributed by atoms with E-state index in [0.29, 0.717) is 6.54 Å². The third-order valence-electron chi connectivity index (χ3n) is 3.93. The number of carbonyl (C=O) groups excluding carboxylic acids is 1. The number of nitrogens with one attached hydrogen (secondary N) is 1. The van der Waals surface area contributed by atoms with Crippen molar-refractivity contribution in [3.8, 4) is 0 Å². The molecule has 0 heterocycles. The van der Waals surface area contributed by atoms with Crippen molar-refractivity contribution in [2.24, 2.45) is 0 Å². The molecule has 7 heteroatoms. The summed E-state index contributed by atoms with van der Waals surface area (Å²) in [5, 5.41) is 2.82. The van der Waals surface area contributed by atoms with Crippen LogP contribution in [0.3, 0.4) is 0 Å². The first-order valence-corrected chi connectivity index (χ1v) is 9.17. The summed E-state index contributed by atoms with van der Waals surface area (Å²) >= 11 is 0. The molecule has 2 aromatic carbocycles. The van der Waals surface area contributed by atoms with Crippen LogP contribution in [0.15, 0.2) is 47.4 Å². The van der Waals surface area contributed by atoms with Crippen LogP contribution in [0, 0.1) is 13.8 Å². The van der Waals surface area contributed by atoms with Gasteiger partial charge in [-0.3, -0.25) is 9.63 Å². The summed E-state index contributed by atoms with van der Waals surface area (Å²) in [5.41, 5.74) is 3.54. The van der Waals surface area contributed by atoms with E-state index >= 15 is 0 Å². The van der Waals surface area contributed by atoms with E-state index in [4.69, 9.17) is 4.84 Å². The molecule has 0 unspecified atom stereocenters. The second-order valence-electron chi connectivity index (χ2n) is 5.74. The number of hydrogen-bond acceptors (Lipinski definition) is 4. The molecule has 0 aliphatic rings. The first-order valence-electron chi connectivity index (χ1n) is 7.73. The maximum Gasteiger partial charge on any atom is 0.264 e. The van der Waals surface area contributed by atoms with E-state index in [2.05, 4.69) is 11.4 Å². The summed E-state index contributed by atoms with van der Waals surface area (Å²) in [6.07, 6.45) is 0. The van der Waals surface area contributed by atoms with Crippen LogP contribution in [-0.4, -0.2) is 33.0 Å². The quantitative estimate of drug-likeness (QED) is 0.801. The predicted octanol–water partition coefficient (Wildman–Crippen LogP) is 2.42. The Morgan fingerprint density at radius 2 is 1.88 bits per heavy atom. The Labute approximate surface area is 148 Å². The van der Waals surface area contributed by atoms with Crippen LogP contribution in [-0.2, 0) is 21.4 Å². The lowest BCUT2D eigenvalue weighted by Crippen LogP contribution is -2.27. The zero-order chi connectivity index (χ0) is 18.6. The van der Waals surface area contributed by atoms with Crippen LogP contribution in [0.4, 0.5) is 0 Å². The minimum atomic E-state index is -3.79. The van der Waals surface area contributed by atoms with Gasteiger partial charge in [0.05, 0.1) is 12.0 Å². The lowest BCUT2D eigenvalue weighted by molar-refractivity contribution is -0.0258. The molecule has 0 aromatic heterocycles. The van der Waals surface area contributed by atoms with Crippen molar-refractivity contribution in [3.05, 3.63) is 64.7 Å². The van der Waals surface area contributed by atoms with E-state index in [-0.39, 0.29) is 16.4 Å². The molecule has 1 N–H and O–H groups in total. The highest BCUT2D eigenvalue weighted by Gasteiger charge is 2.21. The highest BCUT2D eigenvalue weighted by Crippen LogP contribution is 2.16. The fraction of sp³-hybridized carbons (Fsp3) is 0.278. The average molecular weight is 362 g/mol. The Hall–Kier alpha value is -2.22. The molecule has 0 aliphatic carbocycles. The molecule has 0 saturated carbocycles. The number of rotatable bonds is 6. The number of amides is 1. The average Bonchev–Trinajstić information content (AvgIpc) is 2.60. The van der Waals surface area contributed by atoms with Gasteiger partial charge in [-0.2, -0.15) is 0 Å². The number of sulfonamides is 1. The molecule has 1 amide bonds. The monoisotopic (exact) mass is 362 g/mol. The number of hydrogen-bond donors (Lipinski definition) is 1. The molecular weight excluding hydrogens is 340 g/mol. The fourth-order valence-corrected chi connectivity index (χ4v) is 3.39. The molecule has 0 aliphatic heterocycles. The van der Waals surface area contributed by atoms with Gasteiger partial charge in [-0.15, -0.1) is 0 Å². The molecule has 25 heavy (non-hydrogen) atoms. The zero-order valence-electron chi connectivity index (χ0n) is 14.7. The maximum atomic E-state index is 12.4. The Morgan fingerprint density at radius 1 is 1.16 bits per heavy atom. The summed E-state index contributed by atoms with van der Waals surface area (Å²) in [5.74, 6) is -0.336. The SMILES string of the molecule is CON(C)S(=O)(=O)c1cccc(C(=O)NCc2ccc(C)cc2C)c1. The summed E-state index contributed by atoms with van der Waals surface area (Å²) in [4.78, 5) is 17.1. The highest BCUT2D eigenvalue weighted by molar-refractivity contribution is 7.89. The second kappa shape index (κ2) is 7.77. The summed E-state index contributed by atoms with van der Waals surface area (Å²) in [6.45, 7) is 4.38. The lowest BCUT2D eigenvalue weighted by atomic mass is 10.1. The third-order valence-corrected chi connectivity index (χ3v) is 5.60. The van der Waals surface area contributed by atoms with Gasteiger partial charge in [-0.25, -0.2) is 8.42 Å². The van der Waals surface area contributed by atoms with Crippen molar-refractivity contribution >= 4 is 15.9 Å². The van der Waals surface area contributed by atoms with Gasteiger partial charge in [-0.05, 0) is 43.2 Å². The van der Waals surface area contributed by atoms with Crippen molar-refractivity contribution in [2.45, 2.75) is 25.3 Å². The molecule has 2 rings (SSSR count). The van der Waals surface area contributed by atoms with Crippen LogP contribution in [0.2, 0.25) is 0 Å². The largest absolute Gasteiger partial charge is 0.348 e. The molecular formula is C18H22N2O4S. The molecule has 0 saturated heterocycles. The first-order chi connectivity index (χ1) is 11.8. The van der Waals surface area contributed by atoms with Gasteiger partial charge >= 0.3 is 0 Å². The zero-order valence-corrected chi connectivity index (χ0v) is 15.6. The lowest BCUT2D eigenvalue weighted by Gasteiger charge is -2.14. The Bertz CT molecular complexity index is 878. The standard InChI is InChI=1S/C18H22N2O4S/c1-13-8-9-16(14(2)10-13)12-19-18(21)15-6-5-7-17(11-15)25(22,23)20(3)24-4/h5-11H,12H2,1-4H3,(H,19,21). The van der Waals surface area contributed by atoms with Crippen molar-refractivity contribution in [3.63, 3.8) is 0 Å². The van der Waals surface area contributed by atoms with E-state index in [1.165, 1.54) is 32.4 Å². The van der Waals surface area contributed by atoms with Crippen LogP contribution < -0.4 is 5.32 Å². The van der Waals surface area contributed by atoms with Crippen LogP contribution in [0.5, 0.6) is 0 Å². The number of aryl methyl sites for hydroxylation is 2. The predicted molar refractivity (Wildman–Crippen MR) is 95.5 cm³/mol. The highest BCUT2D eigenvalue weighted by atomic mass is 32.2. The van der Waals surface area contributed by atoms with E-state index in [1.54, 1.807) is 6.07 Å². The van der Waals surface area contributed by atoms with E-state index in [0.717, 1.165) is 21.2 Å². The number of benzene rings is 2. The number of hydroxylamine groups is 1. The van der Waals surface area contributed by atoms with Crippen molar-refractivity contribution in [2.75, 3.05) is 14.2 Å². The molecule has 134 valence electrons. The fourth-order valence-electron chi connectivity index (χ4n) is 2.37. The van der Waals surface area contributed by atoms with Gasteiger partial charge in [0.15, 0.2) is 0 Å². The van der Waals surface area contributed by atoms with E-state index in [9.17, 15) is 13.2 Å². The van der Waals surface area contributed by atoms with Gasteiger partial charge in [0, 0.05) is 19.2 Å². The minimum absolute atomic E-state index is 0.00369. The molecule has 0 fully saturated rings. The second-order valence-corrected chi connectivity index (χ2v) is 7.67. The molecule has 0 bridgehead atoms. The Balaban J connectivity index is 2.16. The van der Waals surface area contributed by atoms with Crippen molar-refractivity contribution < 1.29 is 18.0 Å². The van der Waals surface area contributed by atoms with Crippen molar-refractivity contribution in [1.29, 1.82) is 0 Å². The molecule has 0 radical (unpaired) electrons. The Morgan fingerprint density at radius 3 is 2.52 bits per heavy atom. The molecule has 0 atom stereocenters. The topological polar surface area (TPSA) is 75.7 Å². The smallest absolute Gasteiger partial charge is 0.264 e. The molecule has 2 aromatic rings. The van der Waals surface area contributed by atoms with Crippen molar-refractivity contribution in [1.82, 2.24) is 9.79 Å². The molecule has 6 nitrogen and oxygen atoms in total. The summed E-state index contributed by atoms with van der Waals surface area (Å²) < 4.78 is 25.3. The normalized spacial score (nSPS) is 11.6. The van der Waals surface area contributed by atoms with Gasteiger partial charge < -0.3 is 5.32 Å². The minimum Gasteiger partial charge on any atom is -0.348 e. The maximum absolute atomic E-state index is 12.4. The van der Waals surface area contributed by atoms with E-state index in [1.807, 2.05) is 26.0 Å². The summed E-state index contributed by atoms with van der Waals surface area (Å²) in [6, 6.07) is 11.9. The van der Waals surface area contributed by atoms with Gasteiger partial charge in [-0.1, -0.05) is 34.3 Å². The van der Waals surface area contributed by atoms with Crippen LogP contribution in [0.1, 0.15) is 27.0 Å². The Kier molecular flexibility index (Phi) is 5.94. The number of carbonyl (C=O) groups is 1. The van der Waals surface area contributed by atoms with Crippen LogP contribution in [0.25, 0.3) is 0 Å².